The van der Waals surface area contributed by atoms with Crippen LogP contribution in [-0.4, -0.2) is 54.9 Å². The number of aryl methyl sites for hydroxylation is 1. The van der Waals surface area contributed by atoms with Crippen LogP contribution in [0.4, 0.5) is 11.4 Å². The third-order valence-corrected chi connectivity index (χ3v) is 7.79. The Hall–Kier alpha value is -3.47. The summed E-state index contributed by atoms with van der Waals surface area (Å²) >= 11 is 0. The first-order valence-electron chi connectivity index (χ1n) is 12.3. The zero-order chi connectivity index (χ0) is 27.2. The third kappa shape index (κ3) is 7.51. The highest BCUT2D eigenvalue weighted by atomic mass is 32.2. The molecule has 10 nitrogen and oxygen atoms in total. The number of carbonyl (C=O) groups excluding carboxylic acids is 2. The number of sulfonamides is 1. The molecule has 0 heterocycles. The number of benzene rings is 2. The molecule has 37 heavy (non-hydrogen) atoms. The summed E-state index contributed by atoms with van der Waals surface area (Å²) in [5.74, 6) is -0.889. The van der Waals surface area contributed by atoms with Crippen molar-refractivity contribution in [3.63, 3.8) is 0 Å². The van der Waals surface area contributed by atoms with Crippen molar-refractivity contribution < 1.29 is 22.9 Å². The number of anilines is 1. The summed E-state index contributed by atoms with van der Waals surface area (Å²) in [6, 6.07) is 12.2. The van der Waals surface area contributed by atoms with Gasteiger partial charge in [-0.15, -0.1) is 0 Å². The van der Waals surface area contributed by atoms with Gasteiger partial charge in [0, 0.05) is 24.7 Å². The Balaban J connectivity index is 1.91. The molecule has 0 aromatic heterocycles. The maximum atomic E-state index is 13.7. The molecular formula is C26H34N4O6S. The van der Waals surface area contributed by atoms with Gasteiger partial charge in [0.1, 0.15) is 12.6 Å². The van der Waals surface area contributed by atoms with Crippen molar-refractivity contribution in [2.75, 3.05) is 17.1 Å². The van der Waals surface area contributed by atoms with Gasteiger partial charge < -0.3 is 10.2 Å². The van der Waals surface area contributed by atoms with Crippen LogP contribution in [-0.2, 0) is 26.2 Å². The van der Waals surface area contributed by atoms with Gasteiger partial charge in [0.25, 0.3) is 5.69 Å². The molecule has 1 aliphatic carbocycles. The number of hydrogen-bond donors (Lipinski definition) is 1. The van der Waals surface area contributed by atoms with Crippen LogP contribution in [0.15, 0.2) is 48.5 Å². The van der Waals surface area contributed by atoms with E-state index in [-0.39, 0.29) is 29.9 Å². The fourth-order valence-electron chi connectivity index (χ4n) is 4.51. The van der Waals surface area contributed by atoms with Crippen LogP contribution in [0, 0.1) is 17.0 Å². The second-order valence-corrected chi connectivity index (χ2v) is 11.4. The summed E-state index contributed by atoms with van der Waals surface area (Å²) in [6.07, 6.45) is 5.94. The molecule has 2 amide bonds. The normalized spacial score (nSPS) is 15.0. The molecule has 1 aliphatic rings. The molecule has 0 saturated heterocycles. The van der Waals surface area contributed by atoms with E-state index in [2.05, 4.69) is 5.32 Å². The minimum absolute atomic E-state index is 0.0454. The van der Waals surface area contributed by atoms with Gasteiger partial charge in [-0.2, -0.15) is 0 Å². The summed E-state index contributed by atoms with van der Waals surface area (Å²) in [7, 11) is -3.99. The van der Waals surface area contributed by atoms with Crippen LogP contribution in [0.2, 0.25) is 0 Å². The van der Waals surface area contributed by atoms with Gasteiger partial charge in [0.2, 0.25) is 21.8 Å². The molecule has 0 unspecified atom stereocenters. The van der Waals surface area contributed by atoms with Gasteiger partial charge in [-0.1, -0.05) is 55.7 Å². The van der Waals surface area contributed by atoms with Crippen LogP contribution in [0.25, 0.3) is 0 Å². The molecule has 0 bridgehead atoms. The number of carbonyl (C=O) groups is 2. The number of hydrogen-bond acceptors (Lipinski definition) is 6. The second-order valence-electron chi connectivity index (χ2n) is 9.52. The largest absolute Gasteiger partial charge is 0.352 e. The molecule has 0 radical (unpaired) electrons. The van der Waals surface area contributed by atoms with Crippen molar-refractivity contribution in [2.45, 2.75) is 64.6 Å². The molecule has 0 aliphatic heterocycles. The van der Waals surface area contributed by atoms with Gasteiger partial charge in [-0.3, -0.25) is 24.0 Å². The monoisotopic (exact) mass is 530 g/mol. The number of amides is 2. The van der Waals surface area contributed by atoms with Crippen molar-refractivity contribution in [3.05, 3.63) is 69.8 Å². The van der Waals surface area contributed by atoms with Gasteiger partial charge in [-0.05, 0) is 37.8 Å². The number of nitrogens with zero attached hydrogens (tertiary/aromatic N) is 3. The average molecular weight is 531 g/mol. The first kappa shape index (κ1) is 28.1. The van der Waals surface area contributed by atoms with Crippen molar-refractivity contribution in [3.8, 4) is 0 Å². The lowest BCUT2D eigenvalue weighted by Gasteiger charge is -2.33. The van der Waals surface area contributed by atoms with Crippen molar-refractivity contribution in [1.82, 2.24) is 10.2 Å². The molecule has 1 fully saturated rings. The van der Waals surface area contributed by atoms with E-state index in [1.807, 2.05) is 30.3 Å². The number of nitro benzene ring substituents is 1. The van der Waals surface area contributed by atoms with E-state index >= 15 is 0 Å². The van der Waals surface area contributed by atoms with Crippen LogP contribution in [0.3, 0.4) is 0 Å². The second kappa shape index (κ2) is 12.2. The first-order valence-corrected chi connectivity index (χ1v) is 14.2. The predicted octanol–water partition coefficient (Wildman–Crippen LogP) is 3.54. The Morgan fingerprint density at radius 3 is 2.35 bits per heavy atom. The summed E-state index contributed by atoms with van der Waals surface area (Å²) in [5.41, 5.74) is 0.999. The Morgan fingerprint density at radius 2 is 1.76 bits per heavy atom. The summed E-state index contributed by atoms with van der Waals surface area (Å²) < 4.78 is 26.4. The molecule has 0 spiro atoms. The minimum atomic E-state index is -3.99. The van der Waals surface area contributed by atoms with Crippen LogP contribution in [0.5, 0.6) is 0 Å². The summed E-state index contributed by atoms with van der Waals surface area (Å²) in [5, 5.41) is 14.4. The molecule has 1 N–H and O–H groups in total. The van der Waals surface area contributed by atoms with Gasteiger partial charge in [0.15, 0.2) is 0 Å². The van der Waals surface area contributed by atoms with E-state index in [1.54, 1.807) is 13.8 Å². The Bertz CT molecular complexity index is 1230. The highest BCUT2D eigenvalue weighted by molar-refractivity contribution is 7.92. The highest BCUT2D eigenvalue weighted by Gasteiger charge is 2.32. The predicted molar refractivity (Wildman–Crippen MR) is 141 cm³/mol. The van der Waals surface area contributed by atoms with E-state index in [1.165, 1.54) is 17.0 Å². The van der Waals surface area contributed by atoms with E-state index in [0.29, 0.717) is 5.56 Å². The SMILES string of the molecule is Cc1ccc([N+](=O)[O-])cc1N(CC(=O)N(Cc1ccccc1)[C@@H](C)C(=O)NC1CCCCC1)S(C)(=O)=O. The molecule has 200 valence electrons. The lowest BCUT2D eigenvalue weighted by atomic mass is 9.95. The third-order valence-electron chi connectivity index (χ3n) is 6.67. The number of rotatable bonds is 10. The summed E-state index contributed by atoms with van der Waals surface area (Å²) in [6.45, 7) is 2.74. The molecule has 3 rings (SSSR count). The first-order chi connectivity index (χ1) is 17.5. The van der Waals surface area contributed by atoms with E-state index in [4.69, 9.17) is 0 Å². The van der Waals surface area contributed by atoms with Gasteiger partial charge in [-0.25, -0.2) is 8.42 Å². The van der Waals surface area contributed by atoms with Crippen LogP contribution < -0.4 is 9.62 Å². The van der Waals surface area contributed by atoms with Crippen LogP contribution in [0.1, 0.15) is 50.2 Å². The van der Waals surface area contributed by atoms with E-state index in [9.17, 15) is 28.1 Å². The lowest BCUT2D eigenvalue weighted by Crippen LogP contribution is -2.53. The summed E-state index contributed by atoms with van der Waals surface area (Å²) in [4.78, 5) is 38.9. The quantitative estimate of drug-likeness (QED) is 0.369. The topological polar surface area (TPSA) is 130 Å². The number of non-ortho nitro benzene ring substituents is 1. The van der Waals surface area contributed by atoms with E-state index in [0.717, 1.165) is 54.3 Å². The number of nitrogens with one attached hydrogen (secondary N) is 1. The Labute approximate surface area is 217 Å². The average Bonchev–Trinajstić information content (AvgIpc) is 2.86. The molecule has 1 atom stereocenters. The molecule has 1 saturated carbocycles. The molecule has 11 heteroatoms. The maximum Gasteiger partial charge on any atom is 0.271 e. The number of nitro groups is 1. The zero-order valence-electron chi connectivity index (χ0n) is 21.4. The Kier molecular flexibility index (Phi) is 9.25. The minimum Gasteiger partial charge on any atom is -0.352 e. The van der Waals surface area contributed by atoms with Crippen molar-refractivity contribution in [2.24, 2.45) is 0 Å². The fourth-order valence-corrected chi connectivity index (χ4v) is 5.41. The molecule has 2 aromatic carbocycles. The van der Waals surface area contributed by atoms with Crippen LogP contribution >= 0.6 is 0 Å². The van der Waals surface area contributed by atoms with E-state index < -0.39 is 33.4 Å². The molecular weight excluding hydrogens is 496 g/mol. The fraction of sp³-hybridized carbons (Fsp3) is 0.462. The maximum absolute atomic E-state index is 13.7. The Morgan fingerprint density at radius 1 is 1.11 bits per heavy atom. The highest BCUT2D eigenvalue weighted by Crippen LogP contribution is 2.28. The lowest BCUT2D eigenvalue weighted by molar-refractivity contribution is -0.384. The van der Waals surface area contributed by atoms with Crippen molar-refractivity contribution >= 4 is 33.2 Å². The smallest absolute Gasteiger partial charge is 0.271 e. The zero-order valence-corrected chi connectivity index (χ0v) is 22.2. The molecule has 2 aromatic rings. The van der Waals surface area contributed by atoms with Crippen molar-refractivity contribution in [1.29, 1.82) is 0 Å². The standard InChI is InChI=1S/C26H34N4O6S/c1-19-14-15-23(30(33)34)16-24(19)29(37(3,35)36)18-25(31)28(17-21-10-6-4-7-11-21)20(2)26(32)27-22-12-8-5-9-13-22/h4,6-7,10-11,14-16,20,22H,5,8-9,12-13,17-18H2,1-3H3,(H,27,32)/t20-/m0/s1. The van der Waals surface area contributed by atoms with Gasteiger partial charge >= 0.3 is 0 Å². The van der Waals surface area contributed by atoms with Gasteiger partial charge in [0.05, 0.1) is 16.9 Å².